The lowest BCUT2D eigenvalue weighted by molar-refractivity contribution is 0.122. The third-order valence-electron chi connectivity index (χ3n) is 5.45. The molecule has 25 heavy (non-hydrogen) atoms. The minimum Gasteiger partial charge on any atom is -0.378 e. The van der Waals surface area contributed by atoms with E-state index in [1.165, 1.54) is 24.1 Å². The molecule has 1 aliphatic heterocycles. The summed E-state index contributed by atoms with van der Waals surface area (Å²) in [5.41, 5.74) is 3.68. The molecule has 0 radical (unpaired) electrons. The Kier molecular flexibility index (Phi) is 4.66. The zero-order valence-corrected chi connectivity index (χ0v) is 15.2. The van der Waals surface area contributed by atoms with Crippen molar-refractivity contribution >= 4 is 11.4 Å². The van der Waals surface area contributed by atoms with Gasteiger partial charge in [0.2, 0.25) is 0 Å². The van der Waals surface area contributed by atoms with Crippen molar-refractivity contribution < 1.29 is 4.74 Å². The lowest BCUT2D eigenvalue weighted by Crippen LogP contribution is -2.36. The van der Waals surface area contributed by atoms with Gasteiger partial charge >= 0.3 is 0 Å². The fraction of sp³-hybridized carbons (Fsp3) is 0.550. The molecule has 134 valence electrons. The summed E-state index contributed by atoms with van der Waals surface area (Å²) in [6.45, 7) is 8.05. The molecule has 1 saturated carbocycles. The highest BCUT2D eigenvalue weighted by molar-refractivity contribution is 5.51. The predicted octanol–water partition coefficient (Wildman–Crippen LogP) is 3.86. The number of benzene rings is 1. The van der Waals surface area contributed by atoms with E-state index in [2.05, 4.69) is 64.3 Å². The Morgan fingerprint density at radius 3 is 2.76 bits per heavy atom. The summed E-state index contributed by atoms with van der Waals surface area (Å²) in [6, 6.07) is 9.58. The minimum absolute atomic E-state index is 0.245. The molecular weight excluding hydrogens is 312 g/mol. The molecule has 5 nitrogen and oxygen atoms in total. The monoisotopic (exact) mass is 340 g/mol. The van der Waals surface area contributed by atoms with E-state index in [0.717, 1.165) is 37.9 Å². The summed E-state index contributed by atoms with van der Waals surface area (Å²) in [7, 11) is 0. The van der Waals surface area contributed by atoms with Crippen LogP contribution in [0.3, 0.4) is 0 Å². The Balaban J connectivity index is 1.43. The molecule has 0 spiro atoms. The molecule has 1 saturated heterocycles. The van der Waals surface area contributed by atoms with Crippen molar-refractivity contribution in [3.05, 3.63) is 42.2 Å². The van der Waals surface area contributed by atoms with E-state index in [0.29, 0.717) is 6.04 Å². The van der Waals surface area contributed by atoms with Gasteiger partial charge < -0.3 is 15.0 Å². The molecule has 2 atom stereocenters. The molecule has 2 unspecified atom stereocenters. The van der Waals surface area contributed by atoms with E-state index >= 15 is 0 Å². The summed E-state index contributed by atoms with van der Waals surface area (Å²) in [5, 5.41) is 8.14. The van der Waals surface area contributed by atoms with Crippen LogP contribution in [-0.2, 0) is 4.74 Å². The molecule has 2 aliphatic rings. The van der Waals surface area contributed by atoms with Gasteiger partial charge in [0.25, 0.3) is 0 Å². The second-order valence-corrected chi connectivity index (χ2v) is 7.35. The fourth-order valence-corrected chi connectivity index (χ4v) is 3.58. The van der Waals surface area contributed by atoms with Crippen LogP contribution in [0, 0.1) is 5.92 Å². The van der Waals surface area contributed by atoms with E-state index < -0.39 is 0 Å². The first-order chi connectivity index (χ1) is 12.2. The molecule has 1 aliphatic carbocycles. The zero-order valence-electron chi connectivity index (χ0n) is 15.2. The van der Waals surface area contributed by atoms with Gasteiger partial charge in [-0.15, -0.1) is 0 Å². The van der Waals surface area contributed by atoms with Crippen molar-refractivity contribution in [3.63, 3.8) is 0 Å². The average Bonchev–Trinajstić information content (AvgIpc) is 3.41. The number of ether oxygens (including phenoxy) is 1. The molecule has 1 N–H and O–H groups in total. The van der Waals surface area contributed by atoms with Crippen LogP contribution in [0.5, 0.6) is 0 Å². The first kappa shape index (κ1) is 16.5. The number of anilines is 2. The maximum Gasteiger partial charge on any atom is 0.0731 e. The lowest BCUT2D eigenvalue weighted by Gasteiger charge is -2.29. The average molecular weight is 340 g/mol. The van der Waals surface area contributed by atoms with Gasteiger partial charge in [-0.05, 0) is 50.3 Å². The Labute approximate surface area is 150 Å². The largest absolute Gasteiger partial charge is 0.378 e. The summed E-state index contributed by atoms with van der Waals surface area (Å²) in [5.74, 6) is 0.815. The molecule has 0 bridgehead atoms. The maximum atomic E-state index is 5.46. The molecule has 1 aromatic carbocycles. The molecule has 2 aromatic rings. The molecular formula is C20H28N4O. The van der Waals surface area contributed by atoms with E-state index in [4.69, 9.17) is 4.74 Å². The SMILES string of the molecule is CC(Nc1cnn(C(C)C2CC2)c1)c1cccc(N2CCOCC2)c1. The van der Waals surface area contributed by atoms with Crippen LogP contribution < -0.4 is 10.2 Å². The highest BCUT2D eigenvalue weighted by Gasteiger charge is 2.29. The lowest BCUT2D eigenvalue weighted by atomic mass is 10.1. The van der Waals surface area contributed by atoms with Crippen LogP contribution in [0.2, 0.25) is 0 Å². The van der Waals surface area contributed by atoms with Crippen LogP contribution in [0.1, 0.15) is 44.3 Å². The smallest absolute Gasteiger partial charge is 0.0731 e. The number of nitrogens with one attached hydrogen (secondary N) is 1. The number of nitrogens with zero attached hydrogens (tertiary/aromatic N) is 3. The highest BCUT2D eigenvalue weighted by atomic mass is 16.5. The van der Waals surface area contributed by atoms with Gasteiger partial charge in [-0.2, -0.15) is 5.10 Å². The third kappa shape index (κ3) is 3.82. The Bertz CT molecular complexity index is 703. The van der Waals surface area contributed by atoms with Gasteiger partial charge in [-0.1, -0.05) is 12.1 Å². The van der Waals surface area contributed by atoms with Gasteiger partial charge in [0, 0.05) is 31.0 Å². The van der Waals surface area contributed by atoms with E-state index in [1.54, 1.807) is 0 Å². The Hall–Kier alpha value is -2.01. The van der Waals surface area contributed by atoms with Crippen LogP contribution in [0.15, 0.2) is 36.7 Å². The van der Waals surface area contributed by atoms with Crippen LogP contribution in [-0.4, -0.2) is 36.1 Å². The summed E-state index contributed by atoms with van der Waals surface area (Å²) < 4.78 is 7.57. The van der Waals surface area contributed by atoms with E-state index in [1.807, 2.05) is 6.20 Å². The van der Waals surface area contributed by atoms with E-state index in [9.17, 15) is 0 Å². The van der Waals surface area contributed by atoms with Crippen molar-refractivity contribution in [2.75, 3.05) is 36.5 Å². The summed E-state index contributed by atoms with van der Waals surface area (Å²) >= 11 is 0. The van der Waals surface area contributed by atoms with Crippen molar-refractivity contribution in [1.82, 2.24) is 9.78 Å². The maximum absolute atomic E-state index is 5.46. The van der Waals surface area contributed by atoms with Crippen molar-refractivity contribution in [1.29, 1.82) is 0 Å². The molecule has 2 heterocycles. The first-order valence-electron chi connectivity index (χ1n) is 9.44. The van der Waals surface area contributed by atoms with Gasteiger partial charge in [-0.3, -0.25) is 4.68 Å². The summed E-state index contributed by atoms with van der Waals surface area (Å²) in [4.78, 5) is 2.40. The summed E-state index contributed by atoms with van der Waals surface area (Å²) in [6.07, 6.45) is 6.77. The topological polar surface area (TPSA) is 42.3 Å². The number of hydrogen-bond acceptors (Lipinski definition) is 4. The quantitative estimate of drug-likeness (QED) is 0.867. The van der Waals surface area contributed by atoms with Crippen molar-refractivity contribution in [2.24, 2.45) is 5.92 Å². The van der Waals surface area contributed by atoms with Crippen LogP contribution in [0.4, 0.5) is 11.4 Å². The minimum atomic E-state index is 0.245. The number of rotatable bonds is 6. The standard InChI is InChI=1S/C20H28N4O/c1-15(22-19-13-21-24(14-19)16(2)17-6-7-17)18-4-3-5-20(12-18)23-8-10-25-11-9-23/h3-5,12-17,22H,6-11H2,1-2H3. The second-order valence-electron chi connectivity index (χ2n) is 7.35. The molecule has 4 rings (SSSR count). The molecule has 1 aromatic heterocycles. The van der Waals surface area contributed by atoms with Crippen molar-refractivity contribution in [2.45, 2.75) is 38.8 Å². The Morgan fingerprint density at radius 1 is 1.20 bits per heavy atom. The first-order valence-corrected chi connectivity index (χ1v) is 9.44. The Morgan fingerprint density at radius 2 is 2.00 bits per heavy atom. The number of hydrogen-bond donors (Lipinski definition) is 1. The van der Waals surface area contributed by atoms with Gasteiger partial charge in [0.15, 0.2) is 0 Å². The van der Waals surface area contributed by atoms with E-state index in [-0.39, 0.29) is 6.04 Å². The zero-order chi connectivity index (χ0) is 17.2. The normalized spacial score (nSPS) is 20.3. The number of aromatic nitrogens is 2. The fourth-order valence-electron chi connectivity index (χ4n) is 3.58. The van der Waals surface area contributed by atoms with Crippen LogP contribution >= 0.6 is 0 Å². The second kappa shape index (κ2) is 7.08. The molecule has 0 amide bonds. The highest BCUT2D eigenvalue weighted by Crippen LogP contribution is 2.39. The number of morpholine rings is 1. The molecule has 2 fully saturated rings. The predicted molar refractivity (Wildman–Crippen MR) is 101 cm³/mol. The molecule has 5 heteroatoms. The van der Waals surface area contributed by atoms with Crippen molar-refractivity contribution in [3.8, 4) is 0 Å². The van der Waals surface area contributed by atoms with Gasteiger partial charge in [0.1, 0.15) is 0 Å². The third-order valence-corrected chi connectivity index (χ3v) is 5.45. The van der Waals surface area contributed by atoms with Gasteiger partial charge in [0.05, 0.1) is 31.1 Å². The van der Waals surface area contributed by atoms with Crippen LogP contribution in [0.25, 0.3) is 0 Å². The van der Waals surface area contributed by atoms with Gasteiger partial charge in [-0.25, -0.2) is 0 Å².